The number of hydrogen-bond donors (Lipinski definition) is 0. The summed E-state index contributed by atoms with van der Waals surface area (Å²) in [6.07, 6.45) is 3.53. The van der Waals surface area contributed by atoms with Crippen LogP contribution in [0, 0.1) is 0 Å². The average Bonchev–Trinajstić information content (AvgIpc) is 3.80. The highest BCUT2D eigenvalue weighted by atomic mass is 16.3. The molecule has 0 saturated carbocycles. The quantitative estimate of drug-likeness (QED) is 0.180. The van der Waals surface area contributed by atoms with Crippen molar-refractivity contribution in [2.24, 2.45) is 0 Å². The number of pyridine rings is 1. The second-order valence-corrected chi connectivity index (χ2v) is 13.5. The summed E-state index contributed by atoms with van der Waals surface area (Å²) in [4.78, 5) is 19.5. The Labute approximate surface area is 309 Å². The van der Waals surface area contributed by atoms with Gasteiger partial charge >= 0.3 is 0 Å². The minimum absolute atomic E-state index is 0.581. The van der Waals surface area contributed by atoms with Gasteiger partial charge < -0.3 is 8.98 Å². The van der Waals surface area contributed by atoms with Crippen molar-refractivity contribution in [3.05, 3.63) is 176 Å². The number of para-hydroxylation sites is 1. The van der Waals surface area contributed by atoms with Gasteiger partial charge in [0.1, 0.15) is 5.58 Å². The van der Waals surface area contributed by atoms with Crippen molar-refractivity contribution in [1.82, 2.24) is 24.5 Å². The molecule has 252 valence electrons. The zero-order chi connectivity index (χ0) is 35.6. The van der Waals surface area contributed by atoms with Gasteiger partial charge in [0.25, 0.3) is 0 Å². The molecule has 0 atom stereocenters. The lowest BCUT2D eigenvalue weighted by Gasteiger charge is -2.12. The normalized spacial score (nSPS) is 11.7. The number of rotatable bonds is 5. The highest BCUT2D eigenvalue weighted by Gasteiger charge is 2.19. The first kappa shape index (κ1) is 30.2. The molecule has 0 N–H and O–H groups in total. The minimum atomic E-state index is 0.581. The Morgan fingerprint density at radius 1 is 0.444 bits per heavy atom. The maximum absolute atomic E-state index is 6.17. The molecule has 0 fully saturated rings. The second kappa shape index (κ2) is 12.1. The molecule has 0 aliphatic carbocycles. The fourth-order valence-electron chi connectivity index (χ4n) is 7.85. The van der Waals surface area contributed by atoms with E-state index in [1.165, 1.54) is 32.6 Å². The Kier molecular flexibility index (Phi) is 6.75. The predicted octanol–water partition coefficient (Wildman–Crippen LogP) is 12.1. The van der Waals surface area contributed by atoms with Crippen LogP contribution in [0.5, 0.6) is 0 Å². The van der Waals surface area contributed by atoms with Crippen LogP contribution in [0.1, 0.15) is 0 Å². The number of benzene rings is 7. The lowest BCUT2D eigenvalue weighted by atomic mass is 10.0. The molecular formula is C48H29N5O. The summed E-state index contributed by atoms with van der Waals surface area (Å²) in [7, 11) is 0. The summed E-state index contributed by atoms with van der Waals surface area (Å²) in [6.45, 7) is 0. The van der Waals surface area contributed by atoms with Gasteiger partial charge in [0, 0.05) is 55.5 Å². The first-order valence-corrected chi connectivity index (χ1v) is 18.0. The first-order chi connectivity index (χ1) is 26.8. The summed E-state index contributed by atoms with van der Waals surface area (Å²) in [5.74, 6) is 1.79. The van der Waals surface area contributed by atoms with Crippen LogP contribution in [0.2, 0.25) is 0 Å². The van der Waals surface area contributed by atoms with Crippen molar-refractivity contribution in [1.29, 1.82) is 0 Å². The highest BCUT2D eigenvalue weighted by molar-refractivity contribution is 6.18. The van der Waals surface area contributed by atoms with Crippen molar-refractivity contribution < 1.29 is 4.42 Å². The van der Waals surface area contributed by atoms with Crippen LogP contribution in [0.15, 0.2) is 181 Å². The third-order valence-corrected chi connectivity index (χ3v) is 10.3. The molecule has 4 heterocycles. The summed E-state index contributed by atoms with van der Waals surface area (Å²) in [5, 5.41) is 6.89. The van der Waals surface area contributed by atoms with Crippen molar-refractivity contribution >= 4 is 54.5 Å². The van der Waals surface area contributed by atoms with Gasteiger partial charge in [-0.15, -0.1) is 0 Å². The predicted molar refractivity (Wildman–Crippen MR) is 218 cm³/mol. The van der Waals surface area contributed by atoms with Crippen molar-refractivity contribution in [3.8, 4) is 51.0 Å². The third kappa shape index (κ3) is 4.81. The molecule has 4 aromatic heterocycles. The second-order valence-electron chi connectivity index (χ2n) is 13.5. The van der Waals surface area contributed by atoms with E-state index >= 15 is 0 Å². The summed E-state index contributed by atoms with van der Waals surface area (Å²) in [5.41, 5.74) is 9.89. The van der Waals surface area contributed by atoms with E-state index in [-0.39, 0.29) is 0 Å². The summed E-state index contributed by atoms with van der Waals surface area (Å²) in [6, 6.07) is 57.1. The Morgan fingerprint density at radius 3 is 2.06 bits per heavy atom. The molecule has 0 saturated heterocycles. The molecule has 54 heavy (non-hydrogen) atoms. The van der Waals surface area contributed by atoms with Gasteiger partial charge in [0.05, 0.1) is 17.2 Å². The molecule has 0 aliphatic heterocycles. The molecule has 0 aliphatic rings. The molecule has 0 unspecified atom stereocenters. The van der Waals surface area contributed by atoms with Gasteiger partial charge in [0.15, 0.2) is 23.1 Å². The zero-order valence-electron chi connectivity index (χ0n) is 28.9. The number of fused-ring (bicyclic) bond motifs is 8. The highest BCUT2D eigenvalue weighted by Crippen LogP contribution is 2.38. The molecular weight excluding hydrogens is 663 g/mol. The number of nitrogens with zero attached hydrogens (tertiary/aromatic N) is 5. The van der Waals surface area contributed by atoms with E-state index in [0.717, 1.165) is 55.4 Å². The molecule has 0 radical (unpaired) electrons. The standard InChI is InChI=1S/C48H29N5O/c1-2-11-32(12-3-1)46-50-47(52-48(51-46)40-17-9-19-42-44(40)39-26-27-49-29-43(39)54-42)34-14-8-13-33(28-34)30-20-23-35(24-21-30)53-41-18-7-6-16-37(41)38-25-22-31-10-4-5-15-36(31)45(38)53/h1-29H. The van der Waals surface area contributed by atoms with Crippen LogP contribution in [0.25, 0.3) is 105 Å². The van der Waals surface area contributed by atoms with Crippen LogP contribution < -0.4 is 0 Å². The summed E-state index contributed by atoms with van der Waals surface area (Å²) < 4.78 is 8.56. The van der Waals surface area contributed by atoms with Crippen LogP contribution in [-0.4, -0.2) is 24.5 Å². The monoisotopic (exact) mass is 691 g/mol. The van der Waals surface area contributed by atoms with E-state index < -0.39 is 0 Å². The van der Waals surface area contributed by atoms with Gasteiger partial charge in [-0.3, -0.25) is 4.98 Å². The fraction of sp³-hybridized carbons (Fsp3) is 0. The number of aromatic nitrogens is 5. The van der Waals surface area contributed by atoms with E-state index in [1.807, 2.05) is 54.6 Å². The van der Waals surface area contributed by atoms with Crippen LogP contribution >= 0.6 is 0 Å². The molecule has 11 rings (SSSR count). The van der Waals surface area contributed by atoms with Crippen LogP contribution in [0.4, 0.5) is 0 Å². The Morgan fingerprint density at radius 2 is 1.17 bits per heavy atom. The number of furan rings is 1. The smallest absolute Gasteiger partial charge is 0.164 e. The maximum Gasteiger partial charge on any atom is 0.164 e. The zero-order valence-corrected chi connectivity index (χ0v) is 28.9. The minimum Gasteiger partial charge on any atom is -0.454 e. The first-order valence-electron chi connectivity index (χ1n) is 18.0. The van der Waals surface area contributed by atoms with Crippen LogP contribution in [0.3, 0.4) is 0 Å². The Balaban J connectivity index is 1.04. The van der Waals surface area contributed by atoms with Crippen LogP contribution in [-0.2, 0) is 0 Å². The molecule has 0 bridgehead atoms. The lowest BCUT2D eigenvalue weighted by Crippen LogP contribution is -2.00. The molecule has 11 aromatic rings. The van der Waals surface area contributed by atoms with E-state index in [1.54, 1.807) is 12.4 Å². The molecule has 0 spiro atoms. The molecule has 6 heteroatoms. The molecule has 6 nitrogen and oxygen atoms in total. The van der Waals surface area contributed by atoms with Gasteiger partial charge in [-0.2, -0.15) is 0 Å². The fourth-order valence-corrected chi connectivity index (χ4v) is 7.85. The van der Waals surface area contributed by atoms with E-state index in [4.69, 9.17) is 19.4 Å². The van der Waals surface area contributed by atoms with Gasteiger partial charge in [-0.05, 0) is 52.9 Å². The Hall–Kier alpha value is -7.44. The molecule has 0 amide bonds. The van der Waals surface area contributed by atoms with E-state index in [0.29, 0.717) is 17.5 Å². The van der Waals surface area contributed by atoms with Crippen molar-refractivity contribution in [2.45, 2.75) is 0 Å². The Bertz CT molecular complexity index is 3220. The SMILES string of the molecule is c1ccc(-c2nc(-c3cccc(-c4ccc(-n5c6ccccc6c6ccc7ccccc7c65)cc4)c3)nc(-c3cccc4oc5cnccc5c34)n2)cc1. The maximum atomic E-state index is 6.17. The van der Waals surface area contributed by atoms with Gasteiger partial charge in [-0.25, -0.2) is 15.0 Å². The third-order valence-electron chi connectivity index (χ3n) is 10.3. The van der Waals surface area contributed by atoms with Gasteiger partial charge in [-0.1, -0.05) is 127 Å². The van der Waals surface area contributed by atoms with Crippen molar-refractivity contribution in [2.75, 3.05) is 0 Å². The average molecular weight is 692 g/mol. The summed E-state index contributed by atoms with van der Waals surface area (Å²) >= 11 is 0. The largest absolute Gasteiger partial charge is 0.454 e. The van der Waals surface area contributed by atoms with Crippen molar-refractivity contribution in [3.63, 3.8) is 0 Å². The van der Waals surface area contributed by atoms with E-state index in [2.05, 4.69) is 119 Å². The molecule has 7 aromatic carbocycles. The lowest BCUT2D eigenvalue weighted by molar-refractivity contribution is 0.667. The van der Waals surface area contributed by atoms with E-state index in [9.17, 15) is 0 Å². The van der Waals surface area contributed by atoms with Gasteiger partial charge in [0.2, 0.25) is 0 Å². The number of hydrogen-bond acceptors (Lipinski definition) is 5. The topological polar surface area (TPSA) is 69.6 Å².